The van der Waals surface area contributed by atoms with Gasteiger partial charge in [0.05, 0.1) is 0 Å². The van der Waals surface area contributed by atoms with Crippen LogP contribution >= 0.6 is 11.8 Å². The van der Waals surface area contributed by atoms with Crippen LogP contribution in [0.3, 0.4) is 0 Å². The van der Waals surface area contributed by atoms with E-state index in [1.807, 2.05) is 0 Å². The Morgan fingerprint density at radius 1 is 1.43 bits per heavy atom. The van der Waals surface area contributed by atoms with Crippen LogP contribution in [0.1, 0.15) is 0 Å². The zero-order valence-electron chi connectivity index (χ0n) is 7.20. The highest BCUT2D eigenvalue weighted by Gasteiger charge is 2.22. The molecule has 5 heteroatoms. The molecule has 0 radical (unpaired) electrons. The average Bonchev–Trinajstić information content (AvgIpc) is 2.56. The van der Waals surface area contributed by atoms with Gasteiger partial charge in [-0.25, -0.2) is 9.18 Å². The van der Waals surface area contributed by atoms with E-state index in [-0.39, 0.29) is 11.2 Å². The van der Waals surface area contributed by atoms with E-state index < -0.39 is 6.09 Å². The minimum absolute atomic E-state index is 0.0760. The predicted molar refractivity (Wildman–Crippen MR) is 50.5 cm³/mol. The first-order valence-corrected chi connectivity index (χ1v) is 4.97. The Morgan fingerprint density at radius 2 is 2.14 bits per heavy atom. The molecule has 1 aliphatic rings. The summed E-state index contributed by atoms with van der Waals surface area (Å²) in [5, 5.41) is 2.55. The molecule has 1 atom stereocenters. The fourth-order valence-corrected chi connectivity index (χ4v) is 2.02. The molecule has 1 saturated heterocycles. The second kappa shape index (κ2) is 3.88. The molecule has 14 heavy (non-hydrogen) atoms. The van der Waals surface area contributed by atoms with Crippen molar-refractivity contribution < 1.29 is 13.9 Å². The van der Waals surface area contributed by atoms with Crippen LogP contribution in [-0.4, -0.2) is 18.1 Å². The SMILES string of the molecule is O=C1NC(Sc2ccc(F)cc2)CO1. The number of hydrogen-bond donors (Lipinski definition) is 1. The lowest BCUT2D eigenvalue weighted by atomic mass is 10.4. The minimum Gasteiger partial charge on any atom is -0.446 e. The normalized spacial score (nSPS) is 20.4. The molecule has 1 aromatic carbocycles. The summed E-state index contributed by atoms with van der Waals surface area (Å²) >= 11 is 1.44. The van der Waals surface area contributed by atoms with E-state index >= 15 is 0 Å². The number of halogens is 1. The highest BCUT2D eigenvalue weighted by molar-refractivity contribution is 8.00. The Balaban J connectivity index is 1.97. The third-order valence-electron chi connectivity index (χ3n) is 1.74. The number of carbonyl (C=O) groups excluding carboxylic acids is 1. The zero-order valence-corrected chi connectivity index (χ0v) is 8.01. The van der Waals surface area contributed by atoms with Gasteiger partial charge < -0.3 is 10.1 Å². The quantitative estimate of drug-likeness (QED) is 0.816. The van der Waals surface area contributed by atoms with Gasteiger partial charge in [0.2, 0.25) is 0 Å². The number of alkyl carbamates (subject to hydrolysis) is 1. The maximum absolute atomic E-state index is 12.6. The molecule has 1 aliphatic heterocycles. The van der Waals surface area contributed by atoms with Crippen LogP contribution in [0.4, 0.5) is 9.18 Å². The summed E-state index contributed by atoms with van der Waals surface area (Å²) in [5.74, 6) is -0.263. The number of nitrogens with one attached hydrogen (secondary N) is 1. The highest BCUT2D eigenvalue weighted by Crippen LogP contribution is 2.24. The first-order chi connectivity index (χ1) is 6.74. The third-order valence-corrected chi connectivity index (χ3v) is 2.82. The molecule has 1 aromatic rings. The van der Waals surface area contributed by atoms with Crippen LogP contribution in [0.15, 0.2) is 29.2 Å². The average molecular weight is 213 g/mol. The second-order valence-corrected chi connectivity index (χ2v) is 4.08. The lowest BCUT2D eigenvalue weighted by Crippen LogP contribution is -2.22. The van der Waals surface area contributed by atoms with Crippen LogP contribution in [0.5, 0.6) is 0 Å². The van der Waals surface area contributed by atoms with Gasteiger partial charge in [-0.1, -0.05) is 11.8 Å². The largest absolute Gasteiger partial charge is 0.446 e. The van der Waals surface area contributed by atoms with E-state index in [1.54, 1.807) is 12.1 Å². The first-order valence-electron chi connectivity index (χ1n) is 4.09. The van der Waals surface area contributed by atoms with Gasteiger partial charge in [0.25, 0.3) is 0 Å². The number of ether oxygens (including phenoxy) is 1. The lowest BCUT2D eigenvalue weighted by Gasteiger charge is -2.05. The van der Waals surface area contributed by atoms with Gasteiger partial charge in [0.1, 0.15) is 17.8 Å². The van der Waals surface area contributed by atoms with Crippen molar-refractivity contribution in [1.29, 1.82) is 0 Å². The Labute approximate surface area is 84.6 Å². The van der Waals surface area contributed by atoms with Crippen LogP contribution in [0, 0.1) is 5.82 Å². The molecule has 0 saturated carbocycles. The van der Waals surface area contributed by atoms with E-state index in [4.69, 9.17) is 4.74 Å². The van der Waals surface area contributed by atoms with Crippen molar-refractivity contribution in [2.24, 2.45) is 0 Å². The monoisotopic (exact) mass is 213 g/mol. The maximum Gasteiger partial charge on any atom is 0.408 e. The number of carbonyl (C=O) groups is 1. The molecule has 0 aliphatic carbocycles. The first kappa shape index (κ1) is 9.33. The van der Waals surface area contributed by atoms with Gasteiger partial charge in [-0.15, -0.1) is 0 Å². The van der Waals surface area contributed by atoms with E-state index in [2.05, 4.69) is 5.32 Å². The standard InChI is InChI=1S/C9H8FNO2S/c10-6-1-3-7(4-2-6)14-8-5-13-9(12)11-8/h1-4,8H,5H2,(H,11,12). The summed E-state index contributed by atoms with van der Waals surface area (Å²) in [4.78, 5) is 11.6. The van der Waals surface area contributed by atoms with Crippen molar-refractivity contribution in [1.82, 2.24) is 5.32 Å². The zero-order chi connectivity index (χ0) is 9.97. The summed E-state index contributed by atoms with van der Waals surface area (Å²) in [7, 11) is 0. The molecule has 1 amide bonds. The van der Waals surface area contributed by atoms with Gasteiger partial charge >= 0.3 is 6.09 Å². The fourth-order valence-electron chi connectivity index (χ4n) is 1.11. The van der Waals surface area contributed by atoms with Crippen LogP contribution in [0.2, 0.25) is 0 Å². The Hall–Kier alpha value is -1.23. The Kier molecular flexibility index (Phi) is 2.58. The molecule has 0 bridgehead atoms. The highest BCUT2D eigenvalue weighted by atomic mass is 32.2. The summed E-state index contributed by atoms with van der Waals surface area (Å²) in [6.07, 6.45) is -0.399. The topological polar surface area (TPSA) is 38.3 Å². The van der Waals surface area contributed by atoms with Crippen molar-refractivity contribution in [2.45, 2.75) is 10.3 Å². The number of cyclic esters (lactones) is 1. The predicted octanol–water partition coefficient (Wildman–Crippen LogP) is 1.98. The van der Waals surface area contributed by atoms with Gasteiger partial charge in [-0.2, -0.15) is 0 Å². The van der Waals surface area contributed by atoms with Crippen molar-refractivity contribution in [3.05, 3.63) is 30.1 Å². The minimum atomic E-state index is -0.399. The van der Waals surface area contributed by atoms with Crippen LogP contribution in [0.25, 0.3) is 0 Å². The van der Waals surface area contributed by atoms with Gasteiger partial charge in [0, 0.05) is 4.90 Å². The van der Waals surface area contributed by atoms with Crippen molar-refractivity contribution in [3.63, 3.8) is 0 Å². The van der Waals surface area contributed by atoms with Crippen molar-refractivity contribution >= 4 is 17.9 Å². The van der Waals surface area contributed by atoms with E-state index in [0.29, 0.717) is 6.61 Å². The Morgan fingerprint density at radius 3 is 2.71 bits per heavy atom. The van der Waals surface area contributed by atoms with Gasteiger partial charge in [-0.05, 0) is 24.3 Å². The van der Waals surface area contributed by atoms with Crippen LogP contribution in [-0.2, 0) is 4.74 Å². The molecule has 1 heterocycles. The molecule has 1 N–H and O–H groups in total. The molecular formula is C9H8FNO2S. The van der Waals surface area contributed by atoms with Crippen LogP contribution < -0.4 is 5.32 Å². The second-order valence-electron chi connectivity index (χ2n) is 2.80. The number of amides is 1. The van der Waals surface area contributed by atoms with Gasteiger partial charge in [-0.3, -0.25) is 0 Å². The molecule has 2 rings (SSSR count). The smallest absolute Gasteiger partial charge is 0.408 e. The maximum atomic E-state index is 12.6. The molecule has 1 unspecified atom stereocenters. The molecule has 3 nitrogen and oxygen atoms in total. The summed E-state index contributed by atoms with van der Waals surface area (Å²) < 4.78 is 17.3. The number of hydrogen-bond acceptors (Lipinski definition) is 3. The third kappa shape index (κ3) is 2.17. The lowest BCUT2D eigenvalue weighted by molar-refractivity contribution is 0.178. The fraction of sp³-hybridized carbons (Fsp3) is 0.222. The molecule has 74 valence electrons. The number of rotatable bonds is 2. The molecule has 1 fully saturated rings. The van der Waals surface area contributed by atoms with Gasteiger partial charge in [0.15, 0.2) is 0 Å². The molecule has 0 aromatic heterocycles. The molecule has 0 spiro atoms. The van der Waals surface area contributed by atoms with E-state index in [0.717, 1.165) is 4.90 Å². The molecular weight excluding hydrogens is 205 g/mol. The van der Waals surface area contributed by atoms with E-state index in [9.17, 15) is 9.18 Å². The number of benzene rings is 1. The Bertz CT molecular complexity index is 341. The van der Waals surface area contributed by atoms with Crippen molar-refractivity contribution in [3.8, 4) is 0 Å². The summed E-state index contributed by atoms with van der Waals surface area (Å²) in [6, 6.07) is 6.12. The summed E-state index contributed by atoms with van der Waals surface area (Å²) in [5.41, 5.74) is 0. The van der Waals surface area contributed by atoms with Crippen molar-refractivity contribution in [2.75, 3.05) is 6.61 Å². The summed E-state index contributed by atoms with van der Waals surface area (Å²) in [6.45, 7) is 0.348. The number of thioether (sulfide) groups is 1. The van der Waals surface area contributed by atoms with E-state index in [1.165, 1.54) is 23.9 Å².